The Kier molecular flexibility index (Phi) is 3.81. The fourth-order valence-electron chi connectivity index (χ4n) is 1.72. The first-order chi connectivity index (χ1) is 9.10. The maximum Gasteiger partial charge on any atom is 0.143 e. The molecular formula is C14H15FN4. The summed E-state index contributed by atoms with van der Waals surface area (Å²) in [6.07, 6.45) is 3.48. The molecule has 1 aromatic carbocycles. The van der Waals surface area contributed by atoms with Gasteiger partial charge in [-0.3, -0.25) is 4.68 Å². The highest BCUT2D eigenvalue weighted by atomic mass is 19.1. The standard InChI is InChI=1S/C14H15FN4/c1-10(2)19-9-11(8-17-19)14(7-16)18-13-5-3-4-12(15)6-13/h3-6,8-10,14,18H,1-2H3. The zero-order valence-corrected chi connectivity index (χ0v) is 10.8. The Morgan fingerprint density at radius 3 is 2.79 bits per heavy atom. The SMILES string of the molecule is CC(C)n1cc(C(C#N)Nc2cccc(F)c2)cn1. The van der Waals surface area contributed by atoms with Gasteiger partial charge in [0.2, 0.25) is 0 Å². The van der Waals surface area contributed by atoms with Crippen molar-refractivity contribution in [1.29, 1.82) is 5.26 Å². The molecule has 0 aliphatic rings. The van der Waals surface area contributed by atoms with Gasteiger partial charge in [0.15, 0.2) is 0 Å². The van der Waals surface area contributed by atoms with Crippen LogP contribution >= 0.6 is 0 Å². The van der Waals surface area contributed by atoms with Crippen LogP contribution in [0.1, 0.15) is 31.5 Å². The second-order valence-electron chi connectivity index (χ2n) is 4.56. The van der Waals surface area contributed by atoms with Crippen molar-refractivity contribution >= 4 is 5.69 Å². The summed E-state index contributed by atoms with van der Waals surface area (Å²) >= 11 is 0. The van der Waals surface area contributed by atoms with E-state index < -0.39 is 6.04 Å². The molecule has 0 fully saturated rings. The van der Waals surface area contributed by atoms with Gasteiger partial charge in [0.25, 0.3) is 0 Å². The average Bonchev–Trinajstić information content (AvgIpc) is 2.85. The lowest BCUT2D eigenvalue weighted by atomic mass is 10.1. The summed E-state index contributed by atoms with van der Waals surface area (Å²) in [6.45, 7) is 4.02. The van der Waals surface area contributed by atoms with Crippen LogP contribution in [-0.4, -0.2) is 9.78 Å². The van der Waals surface area contributed by atoms with E-state index in [0.29, 0.717) is 5.69 Å². The van der Waals surface area contributed by atoms with E-state index in [9.17, 15) is 9.65 Å². The smallest absolute Gasteiger partial charge is 0.143 e. The summed E-state index contributed by atoms with van der Waals surface area (Å²) in [6, 6.07) is 7.89. The summed E-state index contributed by atoms with van der Waals surface area (Å²) in [7, 11) is 0. The zero-order chi connectivity index (χ0) is 13.8. The summed E-state index contributed by atoms with van der Waals surface area (Å²) in [5.74, 6) is -0.334. The largest absolute Gasteiger partial charge is 0.366 e. The second kappa shape index (κ2) is 5.53. The van der Waals surface area contributed by atoms with Gasteiger partial charge in [0.1, 0.15) is 11.9 Å². The summed E-state index contributed by atoms with van der Waals surface area (Å²) in [5, 5.41) is 16.4. The number of hydrogen-bond donors (Lipinski definition) is 1. The molecule has 2 rings (SSSR count). The van der Waals surface area contributed by atoms with E-state index in [2.05, 4.69) is 16.5 Å². The molecule has 0 saturated carbocycles. The molecule has 0 bridgehead atoms. The van der Waals surface area contributed by atoms with Gasteiger partial charge in [-0.05, 0) is 32.0 Å². The normalized spacial score (nSPS) is 12.2. The molecule has 0 spiro atoms. The highest BCUT2D eigenvalue weighted by Crippen LogP contribution is 2.20. The van der Waals surface area contributed by atoms with Crippen LogP contribution in [0.3, 0.4) is 0 Å². The molecule has 0 aliphatic heterocycles. The topological polar surface area (TPSA) is 53.6 Å². The molecule has 0 saturated heterocycles. The Bertz CT molecular complexity index is 597. The minimum atomic E-state index is -0.547. The Morgan fingerprint density at radius 2 is 2.21 bits per heavy atom. The Hall–Kier alpha value is -2.35. The van der Waals surface area contributed by atoms with Gasteiger partial charge in [-0.1, -0.05) is 6.07 Å². The number of halogens is 1. The lowest BCUT2D eigenvalue weighted by Gasteiger charge is -2.11. The molecule has 1 aromatic heterocycles. The van der Waals surface area contributed by atoms with Crippen LogP contribution in [0.25, 0.3) is 0 Å². The fourth-order valence-corrected chi connectivity index (χ4v) is 1.72. The summed E-state index contributed by atoms with van der Waals surface area (Å²) < 4.78 is 14.9. The highest BCUT2D eigenvalue weighted by molar-refractivity contribution is 5.47. The molecule has 1 atom stereocenters. The monoisotopic (exact) mass is 258 g/mol. The number of nitrogens with zero attached hydrogens (tertiary/aromatic N) is 3. The predicted molar refractivity (Wildman–Crippen MR) is 71.0 cm³/mol. The van der Waals surface area contributed by atoms with Crippen molar-refractivity contribution in [2.75, 3.05) is 5.32 Å². The van der Waals surface area contributed by atoms with Gasteiger partial charge in [-0.2, -0.15) is 10.4 Å². The second-order valence-corrected chi connectivity index (χ2v) is 4.56. The van der Waals surface area contributed by atoms with Crippen LogP contribution < -0.4 is 5.32 Å². The minimum absolute atomic E-state index is 0.238. The van der Waals surface area contributed by atoms with Gasteiger partial charge in [-0.15, -0.1) is 0 Å². The van der Waals surface area contributed by atoms with Crippen LogP contribution in [0, 0.1) is 17.1 Å². The number of nitrogens with one attached hydrogen (secondary N) is 1. The molecule has 1 heterocycles. The third-order valence-corrected chi connectivity index (χ3v) is 2.75. The maximum absolute atomic E-state index is 13.1. The molecule has 2 aromatic rings. The van der Waals surface area contributed by atoms with Crippen LogP contribution in [0.15, 0.2) is 36.7 Å². The van der Waals surface area contributed by atoms with E-state index in [1.807, 2.05) is 20.0 Å². The maximum atomic E-state index is 13.1. The van der Waals surface area contributed by atoms with Gasteiger partial charge >= 0.3 is 0 Å². The number of nitriles is 1. The van der Waals surface area contributed by atoms with Gasteiger partial charge in [-0.25, -0.2) is 4.39 Å². The van der Waals surface area contributed by atoms with Crippen LogP contribution in [-0.2, 0) is 0 Å². The van der Waals surface area contributed by atoms with E-state index in [1.54, 1.807) is 23.0 Å². The Balaban J connectivity index is 2.18. The van der Waals surface area contributed by atoms with E-state index in [1.165, 1.54) is 12.1 Å². The predicted octanol–water partition coefficient (Wildman–Crippen LogP) is 3.28. The van der Waals surface area contributed by atoms with E-state index in [-0.39, 0.29) is 11.9 Å². The van der Waals surface area contributed by atoms with Gasteiger partial charge < -0.3 is 5.32 Å². The Morgan fingerprint density at radius 1 is 1.42 bits per heavy atom. The molecule has 4 nitrogen and oxygen atoms in total. The third-order valence-electron chi connectivity index (χ3n) is 2.75. The average molecular weight is 258 g/mol. The molecule has 0 aliphatic carbocycles. The lowest BCUT2D eigenvalue weighted by Crippen LogP contribution is -2.08. The van der Waals surface area contributed by atoms with Crippen molar-refractivity contribution in [3.8, 4) is 6.07 Å². The first kappa shape index (κ1) is 13.1. The van der Waals surface area contributed by atoms with Gasteiger partial charge in [0.05, 0.1) is 12.3 Å². The number of aromatic nitrogens is 2. The first-order valence-corrected chi connectivity index (χ1v) is 6.06. The molecule has 19 heavy (non-hydrogen) atoms. The number of anilines is 1. The van der Waals surface area contributed by atoms with Crippen molar-refractivity contribution in [3.63, 3.8) is 0 Å². The molecule has 0 radical (unpaired) electrons. The van der Waals surface area contributed by atoms with Crippen molar-refractivity contribution in [1.82, 2.24) is 9.78 Å². The van der Waals surface area contributed by atoms with Crippen molar-refractivity contribution in [2.45, 2.75) is 25.9 Å². The molecule has 5 heteroatoms. The van der Waals surface area contributed by atoms with E-state index in [0.717, 1.165) is 5.56 Å². The highest BCUT2D eigenvalue weighted by Gasteiger charge is 2.13. The van der Waals surface area contributed by atoms with Crippen LogP contribution in [0.4, 0.5) is 10.1 Å². The minimum Gasteiger partial charge on any atom is -0.366 e. The van der Waals surface area contributed by atoms with Gasteiger partial charge in [0, 0.05) is 23.5 Å². The zero-order valence-electron chi connectivity index (χ0n) is 10.8. The summed E-state index contributed by atoms with van der Waals surface area (Å²) in [5.41, 5.74) is 1.34. The molecular weight excluding hydrogens is 243 g/mol. The third kappa shape index (κ3) is 3.10. The number of benzene rings is 1. The Labute approximate surface area is 111 Å². The molecule has 98 valence electrons. The molecule has 1 unspecified atom stereocenters. The van der Waals surface area contributed by atoms with Crippen LogP contribution in [0.5, 0.6) is 0 Å². The fraction of sp³-hybridized carbons (Fsp3) is 0.286. The first-order valence-electron chi connectivity index (χ1n) is 6.06. The van der Waals surface area contributed by atoms with Crippen molar-refractivity contribution in [3.05, 3.63) is 48.0 Å². The lowest BCUT2D eigenvalue weighted by molar-refractivity contribution is 0.532. The summed E-state index contributed by atoms with van der Waals surface area (Å²) in [4.78, 5) is 0. The molecule has 0 amide bonds. The number of hydrogen-bond acceptors (Lipinski definition) is 3. The van der Waals surface area contributed by atoms with Crippen molar-refractivity contribution in [2.24, 2.45) is 0 Å². The number of rotatable bonds is 4. The quantitative estimate of drug-likeness (QED) is 0.915. The van der Waals surface area contributed by atoms with Crippen molar-refractivity contribution < 1.29 is 4.39 Å². The van der Waals surface area contributed by atoms with Crippen LogP contribution in [0.2, 0.25) is 0 Å². The molecule has 1 N–H and O–H groups in total. The van der Waals surface area contributed by atoms with E-state index >= 15 is 0 Å². The van der Waals surface area contributed by atoms with E-state index in [4.69, 9.17) is 0 Å².